The normalized spacial score (nSPS) is 14.9. The molecule has 0 fully saturated rings. The molecule has 3 nitrogen and oxygen atoms in total. The number of anilines is 1. The standard InChI is InChI=1S/C12H13ClN2O/c1-2-3-10-9-6-8(13)4-5-11(9)15-12(16)7-14-10/h4-6H,2-3,7H2,1H3,(H,15,16). The lowest BCUT2D eigenvalue weighted by atomic mass is 10.0. The van der Waals surface area contributed by atoms with Gasteiger partial charge in [0.2, 0.25) is 5.91 Å². The number of fused-ring (bicyclic) bond motifs is 1. The molecule has 84 valence electrons. The summed E-state index contributed by atoms with van der Waals surface area (Å²) in [5.41, 5.74) is 2.71. The summed E-state index contributed by atoms with van der Waals surface area (Å²) in [5, 5.41) is 3.49. The molecule has 2 rings (SSSR count). The largest absolute Gasteiger partial charge is 0.324 e. The van der Waals surface area contributed by atoms with E-state index in [2.05, 4.69) is 17.2 Å². The first-order chi connectivity index (χ1) is 7.70. The van der Waals surface area contributed by atoms with E-state index in [0.29, 0.717) is 5.02 Å². The van der Waals surface area contributed by atoms with Crippen LogP contribution in [0.3, 0.4) is 0 Å². The maximum atomic E-state index is 11.4. The van der Waals surface area contributed by atoms with Gasteiger partial charge in [0.25, 0.3) is 0 Å². The van der Waals surface area contributed by atoms with E-state index < -0.39 is 0 Å². The van der Waals surface area contributed by atoms with Crippen LogP contribution in [0.25, 0.3) is 0 Å². The molecule has 1 aliphatic rings. The smallest absolute Gasteiger partial charge is 0.246 e. The molecule has 0 saturated carbocycles. The predicted molar refractivity (Wildman–Crippen MR) is 66.4 cm³/mol. The van der Waals surface area contributed by atoms with Gasteiger partial charge in [0, 0.05) is 22.0 Å². The molecule has 0 unspecified atom stereocenters. The first-order valence-electron chi connectivity index (χ1n) is 5.34. The zero-order chi connectivity index (χ0) is 11.5. The summed E-state index contributed by atoms with van der Waals surface area (Å²) >= 11 is 5.96. The number of amides is 1. The van der Waals surface area contributed by atoms with Gasteiger partial charge in [0.15, 0.2) is 0 Å². The Morgan fingerprint density at radius 3 is 3.06 bits per heavy atom. The molecule has 1 aliphatic heterocycles. The number of benzene rings is 1. The second-order valence-corrected chi connectivity index (χ2v) is 4.19. The minimum absolute atomic E-state index is 0.0744. The number of carbonyl (C=O) groups is 1. The van der Waals surface area contributed by atoms with E-state index >= 15 is 0 Å². The van der Waals surface area contributed by atoms with Crippen LogP contribution in [0.2, 0.25) is 5.02 Å². The number of hydrogen-bond donors (Lipinski definition) is 1. The molecular weight excluding hydrogens is 224 g/mol. The van der Waals surface area contributed by atoms with E-state index in [1.807, 2.05) is 12.1 Å². The Labute approximate surface area is 99.5 Å². The molecule has 0 bridgehead atoms. The number of carbonyl (C=O) groups excluding carboxylic acids is 1. The third-order valence-electron chi connectivity index (χ3n) is 2.47. The molecule has 1 aromatic carbocycles. The van der Waals surface area contributed by atoms with Crippen molar-refractivity contribution in [2.45, 2.75) is 19.8 Å². The fourth-order valence-electron chi connectivity index (χ4n) is 1.76. The molecular formula is C12H13ClN2O. The third-order valence-corrected chi connectivity index (χ3v) is 2.70. The first kappa shape index (κ1) is 11.1. The summed E-state index contributed by atoms with van der Waals surface area (Å²) in [6.07, 6.45) is 1.86. The Bertz CT molecular complexity index is 454. The molecule has 1 N–H and O–H groups in total. The molecule has 4 heteroatoms. The van der Waals surface area contributed by atoms with Crippen LogP contribution >= 0.6 is 11.6 Å². The molecule has 0 atom stereocenters. The highest BCUT2D eigenvalue weighted by Crippen LogP contribution is 2.24. The van der Waals surface area contributed by atoms with E-state index in [4.69, 9.17) is 11.6 Å². The van der Waals surface area contributed by atoms with E-state index in [1.165, 1.54) is 0 Å². The second-order valence-electron chi connectivity index (χ2n) is 3.75. The van der Waals surface area contributed by atoms with Crippen molar-refractivity contribution in [2.24, 2.45) is 4.99 Å². The van der Waals surface area contributed by atoms with Gasteiger partial charge in [-0.2, -0.15) is 0 Å². The lowest BCUT2D eigenvalue weighted by Gasteiger charge is -2.09. The predicted octanol–water partition coefficient (Wildman–Crippen LogP) is 2.88. The summed E-state index contributed by atoms with van der Waals surface area (Å²) in [7, 11) is 0. The highest BCUT2D eigenvalue weighted by molar-refractivity contribution is 6.31. The average Bonchev–Trinajstić information content (AvgIpc) is 2.40. The fourth-order valence-corrected chi connectivity index (χ4v) is 1.93. The monoisotopic (exact) mass is 236 g/mol. The SMILES string of the molecule is CCCC1=NCC(=O)Nc2ccc(Cl)cc21. The summed E-state index contributed by atoms with van der Waals surface area (Å²) in [5.74, 6) is -0.0744. The number of halogens is 1. The zero-order valence-electron chi connectivity index (χ0n) is 9.09. The highest BCUT2D eigenvalue weighted by atomic mass is 35.5. The average molecular weight is 237 g/mol. The minimum atomic E-state index is -0.0744. The summed E-state index contributed by atoms with van der Waals surface area (Å²) in [4.78, 5) is 15.8. The van der Waals surface area contributed by atoms with Crippen LogP contribution in [0.1, 0.15) is 25.3 Å². The van der Waals surface area contributed by atoms with Crippen molar-refractivity contribution in [3.8, 4) is 0 Å². The van der Waals surface area contributed by atoms with Crippen LogP contribution in [-0.2, 0) is 4.79 Å². The summed E-state index contributed by atoms with van der Waals surface area (Å²) in [6.45, 7) is 2.29. The van der Waals surface area contributed by atoms with Crippen molar-refractivity contribution in [1.82, 2.24) is 0 Å². The molecule has 16 heavy (non-hydrogen) atoms. The topological polar surface area (TPSA) is 41.5 Å². The Hall–Kier alpha value is -1.35. The van der Waals surface area contributed by atoms with Crippen LogP contribution in [0, 0.1) is 0 Å². The van der Waals surface area contributed by atoms with Crippen molar-refractivity contribution < 1.29 is 4.79 Å². The first-order valence-corrected chi connectivity index (χ1v) is 5.71. The van der Waals surface area contributed by atoms with Gasteiger partial charge in [-0.25, -0.2) is 0 Å². The van der Waals surface area contributed by atoms with Crippen LogP contribution in [0.5, 0.6) is 0 Å². The minimum Gasteiger partial charge on any atom is -0.324 e. The van der Waals surface area contributed by atoms with Gasteiger partial charge in [0.05, 0.1) is 0 Å². The Morgan fingerprint density at radius 1 is 1.50 bits per heavy atom. The molecule has 1 amide bonds. The Balaban J connectivity index is 2.48. The highest BCUT2D eigenvalue weighted by Gasteiger charge is 2.15. The Morgan fingerprint density at radius 2 is 2.31 bits per heavy atom. The van der Waals surface area contributed by atoms with Crippen molar-refractivity contribution in [2.75, 3.05) is 11.9 Å². The Kier molecular flexibility index (Phi) is 3.25. The third kappa shape index (κ3) is 2.25. The van der Waals surface area contributed by atoms with E-state index in [-0.39, 0.29) is 12.5 Å². The molecule has 0 aromatic heterocycles. The number of nitrogens with one attached hydrogen (secondary N) is 1. The van der Waals surface area contributed by atoms with Crippen LogP contribution in [0.15, 0.2) is 23.2 Å². The van der Waals surface area contributed by atoms with E-state index in [1.54, 1.807) is 6.07 Å². The fraction of sp³-hybridized carbons (Fsp3) is 0.333. The van der Waals surface area contributed by atoms with Crippen LogP contribution in [-0.4, -0.2) is 18.2 Å². The van der Waals surface area contributed by atoms with Gasteiger partial charge in [0.1, 0.15) is 6.54 Å². The van der Waals surface area contributed by atoms with Crippen molar-refractivity contribution in [1.29, 1.82) is 0 Å². The second kappa shape index (κ2) is 4.66. The number of nitrogens with zero attached hydrogens (tertiary/aromatic N) is 1. The quantitative estimate of drug-likeness (QED) is 0.843. The van der Waals surface area contributed by atoms with Crippen molar-refractivity contribution >= 4 is 28.9 Å². The van der Waals surface area contributed by atoms with Gasteiger partial charge in [-0.15, -0.1) is 0 Å². The lowest BCUT2D eigenvalue weighted by Crippen LogP contribution is -2.13. The van der Waals surface area contributed by atoms with Gasteiger partial charge in [-0.3, -0.25) is 9.79 Å². The number of aliphatic imine (C=N–C) groups is 1. The molecule has 1 heterocycles. The number of hydrogen-bond acceptors (Lipinski definition) is 2. The van der Waals surface area contributed by atoms with Crippen LogP contribution < -0.4 is 5.32 Å². The van der Waals surface area contributed by atoms with Crippen molar-refractivity contribution in [3.05, 3.63) is 28.8 Å². The number of benzodiazepines with no additional fused rings is 1. The zero-order valence-corrected chi connectivity index (χ0v) is 9.84. The lowest BCUT2D eigenvalue weighted by molar-refractivity contribution is -0.114. The maximum Gasteiger partial charge on any atom is 0.246 e. The van der Waals surface area contributed by atoms with Crippen molar-refractivity contribution in [3.63, 3.8) is 0 Å². The molecule has 1 aromatic rings. The van der Waals surface area contributed by atoms with E-state index in [9.17, 15) is 4.79 Å². The molecule has 0 aliphatic carbocycles. The number of rotatable bonds is 2. The van der Waals surface area contributed by atoms with Gasteiger partial charge >= 0.3 is 0 Å². The van der Waals surface area contributed by atoms with E-state index in [0.717, 1.165) is 29.8 Å². The summed E-state index contributed by atoms with van der Waals surface area (Å²) in [6, 6.07) is 5.46. The maximum absolute atomic E-state index is 11.4. The van der Waals surface area contributed by atoms with Gasteiger partial charge in [-0.1, -0.05) is 24.9 Å². The van der Waals surface area contributed by atoms with Crippen LogP contribution in [0.4, 0.5) is 5.69 Å². The molecule has 0 spiro atoms. The molecule has 0 radical (unpaired) electrons. The summed E-state index contributed by atoms with van der Waals surface area (Å²) < 4.78 is 0. The van der Waals surface area contributed by atoms with Gasteiger partial charge in [-0.05, 0) is 24.6 Å². The van der Waals surface area contributed by atoms with Gasteiger partial charge < -0.3 is 5.32 Å². The molecule has 0 saturated heterocycles.